The number of methoxy groups -OCH3 is 1. The summed E-state index contributed by atoms with van der Waals surface area (Å²) in [6, 6.07) is 0. The highest BCUT2D eigenvalue weighted by Crippen LogP contribution is 2.07. The summed E-state index contributed by atoms with van der Waals surface area (Å²) in [5, 5.41) is 70.2. The summed E-state index contributed by atoms with van der Waals surface area (Å²) in [5.74, 6) is 0. The quantitative estimate of drug-likeness (QED) is 0.164. The van der Waals surface area contributed by atoms with Crippen LogP contribution in [-0.2, 0) is 14.3 Å². The summed E-state index contributed by atoms with van der Waals surface area (Å²) in [7, 11) is 1.17. The van der Waals surface area contributed by atoms with E-state index in [1.807, 2.05) is 0 Å². The smallest absolute Gasteiger partial charge is 0.151 e. The highest BCUT2D eigenvalue weighted by Gasteiger charge is 2.31. The SMILES string of the molecule is COC(C(O)C=O)C(O)C(O)CO.O=CC(O)C(O)CC(O)CO. The van der Waals surface area contributed by atoms with Gasteiger partial charge in [0.1, 0.15) is 30.5 Å². The van der Waals surface area contributed by atoms with Gasteiger partial charge in [-0.05, 0) is 0 Å². The van der Waals surface area contributed by atoms with Gasteiger partial charge in [-0.25, -0.2) is 0 Å². The number of rotatable bonds is 11. The third-order valence-electron chi connectivity index (χ3n) is 2.92. The molecular formula is C13H26O11. The first-order valence-electron chi connectivity index (χ1n) is 6.93. The number of carbonyl (C=O) groups excluding carboxylic acids is 2. The maximum Gasteiger partial charge on any atom is 0.151 e. The number of hydrogen-bond acceptors (Lipinski definition) is 11. The Balaban J connectivity index is 0. The second kappa shape index (κ2) is 14.3. The number of aliphatic hydroxyl groups is 8. The van der Waals surface area contributed by atoms with Gasteiger partial charge in [0.05, 0.1) is 25.4 Å². The molecule has 7 unspecified atom stereocenters. The molecule has 24 heavy (non-hydrogen) atoms. The minimum Gasteiger partial charge on any atom is -0.394 e. The predicted molar refractivity (Wildman–Crippen MR) is 77.8 cm³/mol. The molecule has 0 saturated carbocycles. The minimum absolute atomic E-state index is 0.175. The molecule has 0 aromatic heterocycles. The van der Waals surface area contributed by atoms with Crippen molar-refractivity contribution in [2.45, 2.75) is 49.1 Å². The fourth-order valence-electron chi connectivity index (χ4n) is 1.47. The molecule has 0 heterocycles. The molecular weight excluding hydrogens is 332 g/mol. The van der Waals surface area contributed by atoms with Crippen molar-refractivity contribution >= 4 is 12.6 Å². The van der Waals surface area contributed by atoms with Gasteiger partial charge in [0, 0.05) is 13.5 Å². The Hall–Kier alpha value is -1.02. The fraction of sp³-hybridized carbons (Fsp3) is 0.846. The highest BCUT2D eigenvalue weighted by atomic mass is 16.5. The third kappa shape index (κ3) is 9.97. The zero-order valence-corrected chi connectivity index (χ0v) is 13.1. The monoisotopic (exact) mass is 358 g/mol. The number of carbonyl (C=O) groups is 2. The zero-order valence-electron chi connectivity index (χ0n) is 13.1. The third-order valence-corrected chi connectivity index (χ3v) is 2.92. The second-order valence-electron chi connectivity index (χ2n) is 4.83. The van der Waals surface area contributed by atoms with E-state index in [4.69, 9.17) is 35.7 Å². The molecule has 0 aliphatic carbocycles. The molecule has 144 valence electrons. The van der Waals surface area contributed by atoms with E-state index < -0.39 is 55.9 Å². The molecule has 0 aliphatic rings. The van der Waals surface area contributed by atoms with Crippen LogP contribution in [0.4, 0.5) is 0 Å². The molecule has 0 saturated heterocycles. The van der Waals surface area contributed by atoms with Gasteiger partial charge in [-0.2, -0.15) is 0 Å². The molecule has 11 heteroatoms. The lowest BCUT2D eigenvalue weighted by Gasteiger charge is -2.25. The molecule has 8 N–H and O–H groups in total. The molecule has 11 nitrogen and oxygen atoms in total. The molecule has 0 amide bonds. The summed E-state index contributed by atoms with van der Waals surface area (Å²) in [4.78, 5) is 20.0. The largest absolute Gasteiger partial charge is 0.394 e. The van der Waals surface area contributed by atoms with Gasteiger partial charge in [0.15, 0.2) is 12.6 Å². The van der Waals surface area contributed by atoms with Crippen molar-refractivity contribution in [2.75, 3.05) is 20.3 Å². The van der Waals surface area contributed by atoms with E-state index in [1.54, 1.807) is 0 Å². The van der Waals surface area contributed by atoms with E-state index >= 15 is 0 Å². The maximum absolute atomic E-state index is 10.1. The average Bonchev–Trinajstić information content (AvgIpc) is 2.60. The van der Waals surface area contributed by atoms with Crippen LogP contribution in [0.1, 0.15) is 6.42 Å². The van der Waals surface area contributed by atoms with E-state index in [1.165, 1.54) is 7.11 Å². The van der Waals surface area contributed by atoms with E-state index in [2.05, 4.69) is 4.74 Å². The Kier molecular flexibility index (Phi) is 15.1. The van der Waals surface area contributed by atoms with Gasteiger partial charge < -0.3 is 55.2 Å². The molecule has 0 aliphatic heterocycles. The van der Waals surface area contributed by atoms with Crippen LogP contribution >= 0.6 is 0 Å². The van der Waals surface area contributed by atoms with E-state index in [-0.39, 0.29) is 19.0 Å². The van der Waals surface area contributed by atoms with E-state index in [0.29, 0.717) is 0 Å². The second-order valence-corrected chi connectivity index (χ2v) is 4.83. The maximum atomic E-state index is 10.1. The van der Waals surface area contributed by atoms with Crippen molar-refractivity contribution in [2.24, 2.45) is 0 Å². The van der Waals surface area contributed by atoms with Gasteiger partial charge in [0.25, 0.3) is 0 Å². The summed E-state index contributed by atoms with van der Waals surface area (Å²) >= 11 is 0. The van der Waals surface area contributed by atoms with E-state index in [0.717, 1.165) is 0 Å². The molecule has 0 bridgehead atoms. The Labute approximate surface area is 138 Å². The minimum atomic E-state index is -1.53. The topological polar surface area (TPSA) is 205 Å². The van der Waals surface area contributed by atoms with Crippen LogP contribution in [0.15, 0.2) is 0 Å². The molecule has 0 rings (SSSR count). The molecule has 0 aromatic carbocycles. The zero-order chi connectivity index (χ0) is 19.3. The van der Waals surface area contributed by atoms with Crippen molar-refractivity contribution in [3.05, 3.63) is 0 Å². The van der Waals surface area contributed by atoms with E-state index in [9.17, 15) is 14.7 Å². The van der Waals surface area contributed by atoms with Crippen molar-refractivity contribution in [1.29, 1.82) is 0 Å². The lowest BCUT2D eigenvalue weighted by atomic mass is 10.0. The van der Waals surface area contributed by atoms with Gasteiger partial charge in [-0.15, -0.1) is 0 Å². The van der Waals surface area contributed by atoms with Crippen LogP contribution in [0, 0.1) is 0 Å². The summed E-state index contributed by atoms with van der Waals surface area (Å²) < 4.78 is 4.59. The van der Waals surface area contributed by atoms with Gasteiger partial charge in [-0.3, -0.25) is 0 Å². The Morgan fingerprint density at radius 3 is 1.67 bits per heavy atom. The van der Waals surface area contributed by atoms with Crippen molar-refractivity contribution in [3.63, 3.8) is 0 Å². The van der Waals surface area contributed by atoms with Crippen LogP contribution in [-0.4, -0.2) is 116 Å². The summed E-state index contributed by atoms with van der Waals surface area (Å²) in [6.07, 6.45) is -9.46. The van der Waals surface area contributed by atoms with Crippen LogP contribution in [0.2, 0.25) is 0 Å². The summed E-state index contributed by atoms with van der Waals surface area (Å²) in [6.45, 7) is -1.17. The Bertz CT molecular complexity index is 327. The molecule has 7 atom stereocenters. The number of ether oxygens (including phenoxy) is 1. The lowest BCUT2D eigenvalue weighted by Crippen LogP contribution is -2.47. The van der Waals surface area contributed by atoms with Crippen molar-refractivity contribution < 1.29 is 55.2 Å². The standard InChI is InChI=1S/C7H14O6.C6H12O5/c1-13-7(5(11)3-9)6(12)4(10)2-8;7-2-4(9)1-5(10)6(11)3-8/h3-8,10-12H,2H2,1H3;3-7,9-11H,1-2H2. The van der Waals surface area contributed by atoms with Crippen LogP contribution in [0.25, 0.3) is 0 Å². The van der Waals surface area contributed by atoms with Crippen LogP contribution in [0.5, 0.6) is 0 Å². The Morgan fingerprint density at radius 2 is 1.33 bits per heavy atom. The summed E-state index contributed by atoms with van der Waals surface area (Å²) in [5.41, 5.74) is 0. The van der Waals surface area contributed by atoms with Crippen LogP contribution < -0.4 is 0 Å². The average molecular weight is 358 g/mol. The molecule has 0 spiro atoms. The van der Waals surface area contributed by atoms with Crippen molar-refractivity contribution in [1.82, 2.24) is 0 Å². The molecule has 0 fully saturated rings. The lowest BCUT2D eigenvalue weighted by molar-refractivity contribution is -0.143. The molecule has 0 radical (unpaired) electrons. The van der Waals surface area contributed by atoms with Gasteiger partial charge in [-0.1, -0.05) is 0 Å². The Morgan fingerprint density at radius 1 is 0.833 bits per heavy atom. The fourth-order valence-corrected chi connectivity index (χ4v) is 1.47. The number of aliphatic hydroxyl groups excluding tert-OH is 8. The van der Waals surface area contributed by atoms with Crippen LogP contribution in [0.3, 0.4) is 0 Å². The molecule has 0 aromatic rings. The predicted octanol–water partition coefficient (Wildman–Crippen LogP) is -5.07. The highest BCUT2D eigenvalue weighted by molar-refractivity contribution is 5.57. The normalized spacial score (nSPS) is 19.7. The number of hydrogen-bond donors (Lipinski definition) is 8. The first-order chi connectivity index (χ1) is 11.2. The number of aldehydes is 2. The van der Waals surface area contributed by atoms with Gasteiger partial charge >= 0.3 is 0 Å². The van der Waals surface area contributed by atoms with Gasteiger partial charge in [0.2, 0.25) is 0 Å². The first-order valence-corrected chi connectivity index (χ1v) is 6.93. The van der Waals surface area contributed by atoms with Crippen molar-refractivity contribution in [3.8, 4) is 0 Å². The first kappa shape index (κ1) is 25.2.